The predicted octanol–water partition coefficient (Wildman–Crippen LogP) is 4.48. The summed E-state index contributed by atoms with van der Waals surface area (Å²) < 4.78 is 23.3. The minimum atomic E-state index is -0.133. The fourth-order valence-corrected chi connectivity index (χ4v) is 5.70. The first-order valence-electron chi connectivity index (χ1n) is 13.2. The van der Waals surface area contributed by atoms with Crippen LogP contribution in [0.1, 0.15) is 37.7 Å². The predicted molar refractivity (Wildman–Crippen MR) is 150 cm³/mol. The van der Waals surface area contributed by atoms with E-state index >= 15 is 0 Å². The number of nitrogens with zero attached hydrogens (tertiary/aromatic N) is 2. The van der Waals surface area contributed by atoms with Gasteiger partial charge in [-0.25, -0.2) is 4.98 Å². The van der Waals surface area contributed by atoms with Crippen molar-refractivity contribution >= 4 is 28.6 Å². The van der Waals surface area contributed by atoms with E-state index in [1.54, 1.807) is 30.9 Å². The van der Waals surface area contributed by atoms with Crippen LogP contribution in [0.2, 0.25) is 0 Å². The number of fused-ring (bicyclic) bond motifs is 2. The van der Waals surface area contributed by atoms with Gasteiger partial charge in [-0.15, -0.1) is 0 Å². The summed E-state index contributed by atoms with van der Waals surface area (Å²) in [5.41, 5.74) is 2.81. The third kappa shape index (κ3) is 6.33. The first kappa shape index (κ1) is 26.9. The molecule has 0 saturated carbocycles. The number of carbonyl (C=O) groups excluding carboxylic acids is 1. The average molecular weight is 552 g/mol. The van der Waals surface area contributed by atoms with E-state index in [1.807, 2.05) is 18.2 Å². The Balaban J connectivity index is 1.28. The van der Waals surface area contributed by atoms with E-state index in [0.717, 1.165) is 24.8 Å². The number of hydrogen-bond acceptors (Lipinski definition) is 8. The standard InChI is InChI=1S/C29H33N3O6S/c1-35-23-9-8-20(14-24(23)36-2)10-12-30-27(33)17-39-29-31-22-16-26-25(37-18-38-26)15-21(22)28(34)32(29)13-11-19-6-4-3-5-7-19/h6,8-9,14-16H,3-5,7,10-13,17-18H2,1-2H3,(H,30,33). The van der Waals surface area contributed by atoms with Crippen LogP contribution >= 0.6 is 11.8 Å². The van der Waals surface area contributed by atoms with E-state index in [1.165, 1.54) is 30.2 Å². The molecule has 2 aromatic carbocycles. The molecule has 1 amide bonds. The molecule has 0 unspecified atom stereocenters. The monoisotopic (exact) mass is 551 g/mol. The van der Waals surface area contributed by atoms with Crippen molar-refractivity contribution < 1.29 is 23.7 Å². The highest BCUT2D eigenvalue weighted by Gasteiger charge is 2.20. The fourth-order valence-electron chi connectivity index (χ4n) is 4.85. The van der Waals surface area contributed by atoms with Crippen molar-refractivity contribution in [2.45, 2.75) is 50.2 Å². The van der Waals surface area contributed by atoms with Gasteiger partial charge in [0.2, 0.25) is 12.7 Å². The van der Waals surface area contributed by atoms with Crippen LogP contribution in [0, 0.1) is 0 Å². The summed E-state index contributed by atoms with van der Waals surface area (Å²) in [6.45, 7) is 1.12. The van der Waals surface area contributed by atoms with Crippen LogP contribution < -0.4 is 29.8 Å². The first-order valence-corrected chi connectivity index (χ1v) is 14.2. The summed E-state index contributed by atoms with van der Waals surface area (Å²) in [6, 6.07) is 9.16. The van der Waals surface area contributed by atoms with Crippen molar-refractivity contribution in [2.75, 3.05) is 33.3 Å². The Bertz CT molecular complexity index is 1450. The Hall–Kier alpha value is -3.66. The lowest BCUT2D eigenvalue weighted by molar-refractivity contribution is -0.118. The minimum absolute atomic E-state index is 0.123. The molecule has 5 rings (SSSR count). The van der Waals surface area contributed by atoms with Gasteiger partial charge in [0.05, 0.1) is 30.9 Å². The highest BCUT2D eigenvalue weighted by Crippen LogP contribution is 2.35. The Morgan fingerprint density at radius 2 is 1.90 bits per heavy atom. The molecule has 2 heterocycles. The number of rotatable bonds is 11. The molecule has 10 heteroatoms. The Morgan fingerprint density at radius 1 is 1.08 bits per heavy atom. The normalized spacial score (nSPS) is 14.3. The molecule has 2 aliphatic rings. The summed E-state index contributed by atoms with van der Waals surface area (Å²) in [6.07, 6.45) is 8.30. The molecule has 0 fully saturated rings. The number of benzene rings is 2. The number of allylic oxidation sites excluding steroid dienone is 2. The summed E-state index contributed by atoms with van der Waals surface area (Å²) in [5.74, 6) is 2.47. The molecule has 1 aliphatic heterocycles. The summed E-state index contributed by atoms with van der Waals surface area (Å²) >= 11 is 1.27. The van der Waals surface area contributed by atoms with Crippen molar-refractivity contribution in [3.05, 3.63) is 57.9 Å². The SMILES string of the molecule is COc1ccc(CCNC(=O)CSc2nc3cc4c(cc3c(=O)n2CCC2=CCCCC2)OCO4)cc1OC. The van der Waals surface area contributed by atoms with Crippen LogP contribution in [0.5, 0.6) is 23.0 Å². The third-order valence-corrected chi connectivity index (χ3v) is 7.95. The van der Waals surface area contributed by atoms with Gasteiger partial charge < -0.3 is 24.3 Å². The van der Waals surface area contributed by atoms with Gasteiger partial charge in [-0.1, -0.05) is 29.5 Å². The summed E-state index contributed by atoms with van der Waals surface area (Å²) in [7, 11) is 3.20. The second-order valence-electron chi connectivity index (χ2n) is 9.51. The van der Waals surface area contributed by atoms with E-state index in [9.17, 15) is 9.59 Å². The second kappa shape index (κ2) is 12.5. The topological polar surface area (TPSA) is 101 Å². The van der Waals surface area contributed by atoms with E-state index < -0.39 is 0 Å². The van der Waals surface area contributed by atoms with Crippen molar-refractivity contribution in [2.24, 2.45) is 0 Å². The zero-order valence-electron chi connectivity index (χ0n) is 22.3. The highest BCUT2D eigenvalue weighted by molar-refractivity contribution is 7.99. The maximum Gasteiger partial charge on any atom is 0.262 e. The van der Waals surface area contributed by atoms with Crippen molar-refractivity contribution in [3.8, 4) is 23.0 Å². The van der Waals surface area contributed by atoms with Gasteiger partial charge in [0.15, 0.2) is 28.2 Å². The van der Waals surface area contributed by atoms with Crippen molar-refractivity contribution in [3.63, 3.8) is 0 Å². The van der Waals surface area contributed by atoms with Gasteiger partial charge in [-0.2, -0.15) is 0 Å². The number of amides is 1. The third-order valence-electron chi connectivity index (χ3n) is 6.97. The average Bonchev–Trinajstić information content (AvgIpc) is 3.42. The molecule has 0 bridgehead atoms. The molecule has 1 aromatic heterocycles. The van der Waals surface area contributed by atoms with E-state index in [4.69, 9.17) is 23.9 Å². The zero-order chi connectivity index (χ0) is 27.2. The van der Waals surface area contributed by atoms with E-state index in [-0.39, 0.29) is 24.0 Å². The van der Waals surface area contributed by atoms with Gasteiger partial charge >= 0.3 is 0 Å². The van der Waals surface area contributed by atoms with Gasteiger partial charge in [0.25, 0.3) is 5.56 Å². The van der Waals surface area contributed by atoms with E-state index in [0.29, 0.717) is 58.6 Å². The summed E-state index contributed by atoms with van der Waals surface area (Å²) in [5, 5.41) is 3.98. The molecule has 206 valence electrons. The number of hydrogen-bond donors (Lipinski definition) is 1. The second-order valence-corrected chi connectivity index (χ2v) is 10.5. The van der Waals surface area contributed by atoms with Gasteiger partial charge in [0, 0.05) is 19.2 Å². The largest absolute Gasteiger partial charge is 0.493 e. The lowest BCUT2D eigenvalue weighted by atomic mass is 9.97. The number of thioether (sulfide) groups is 1. The molecule has 3 aromatic rings. The van der Waals surface area contributed by atoms with Gasteiger partial charge in [-0.05, 0) is 62.3 Å². The molecule has 1 aliphatic carbocycles. The zero-order valence-corrected chi connectivity index (χ0v) is 23.1. The molecule has 0 spiro atoms. The number of methoxy groups -OCH3 is 2. The van der Waals surface area contributed by atoms with Crippen LogP contribution in [0.25, 0.3) is 10.9 Å². The number of carbonyl (C=O) groups is 1. The van der Waals surface area contributed by atoms with Crippen LogP contribution in [0.15, 0.2) is 51.9 Å². The molecule has 9 nitrogen and oxygen atoms in total. The van der Waals surface area contributed by atoms with Crippen molar-refractivity contribution in [1.29, 1.82) is 0 Å². The Kier molecular flexibility index (Phi) is 8.61. The molecular formula is C29H33N3O6S. The number of aromatic nitrogens is 2. The first-order chi connectivity index (χ1) is 19.1. The quantitative estimate of drug-likeness (QED) is 0.212. The minimum Gasteiger partial charge on any atom is -0.493 e. The lowest BCUT2D eigenvalue weighted by Crippen LogP contribution is -2.28. The van der Waals surface area contributed by atoms with Gasteiger partial charge in [0.1, 0.15) is 0 Å². The van der Waals surface area contributed by atoms with Crippen LogP contribution in [-0.2, 0) is 17.8 Å². The Labute approximate surface area is 231 Å². The van der Waals surface area contributed by atoms with Crippen molar-refractivity contribution in [1.82, 2.24) is 14.9 Å². The highest BCUT2D eigenvalue weighted by atomic mass is 32.2. The number of nitrogens with one attached hydrogen (secondary N) is 1. The molecule has 39 heavy (non-hydrogen) atoms. The number of ether oxygens (including phenoxy) is 4. The summed E-state index contributed by atoms with van der Waals surface area (Å²) in [4.78, 5) is 31.1. The molecule has 0 atom stereocenters. The van der Waals surface area contributed by atoms with Gasteiger partial charge in [-0.3, -0.25) is 14.2 Å². The van der Waals surface area contributed by atoms with Crippen LogP contribution in [0.4, 0.5) is 0 Å². The van der Waals surface area contributed by atoms with E-state index in [2.05, 4.69) is 11.4 Å². The smallest absolute Gasteiger partial charge is 0.262 e. The lowest BCUT2D eigenvalue weighted by Gasteiger charge is -2.16. The maximum atomic E-state index is 13.6. The Morgan fingerprint density at radius 3 is 2.67 bits per heavy atom. The molecule has 0 saturated heterocycles. The molecular weight excluding hydrogens is 518 g/mol. The maximum absolute atomic E-state index is 13.6. The van der Waals surface area contributed by atoms with Crippen LogP contribution in [-0.4, -0.2) is 48.8 Å². The van der Waals surface area contributed by atoms with Crippen LogP contribution in [0.3, 0.4) is 0 Å². The molecule has 1 N–H and O–H groups in total. The fraction of sp³-hybridized carbons (Fsp3) is 0.414. The molecule has 0 radical (unpaired) electrons.